The Kier molecular flexibility index (Phi) is 3.02. The van der Waals surface area contributed by atoms with E-state index >= 15 is 0 Å². The quantitative estimate of drug-likeness (QED) is 0.827. The van der Waals surface area contributed by atoms with Gasteiger partial charge in [0.2, 0.25) is 0 Å². The molecule has 0 spiro atoms. The fourth-order valence-corrected chi connectivity index (χ4v) is 1.43. The second-order valence-corrected chi connectivity index (χ2v) is 3.90. The van der Waals surface area contributed by atoms with Crippen molar-refractivity contribution in [3.8, 4) is 5.75 Å². The monoisotopic (exact) mass is 218 g/mol. The minimum Gasteiger partial charge on any atom is -0.496 e. The zero-order valence-corrected chi connectivity index (χ0v) is 9.02. The molecule has 1 N–H and O–H groups in total. The van der Waals surface area contributed by atoms with Crippen molar-refractivity contribution in [2.45, 2.75) is 19.4 Å². The van der Waals surface area contributed by atoms with Gasteiger partial charge in [-0.15, -0.1) is 0 Å². The molecular formula is C10H12ClFO2. The predicted octanol–water partition coefficient (Wildman–Crippen LogP) is 2.72. The number of aliphatic hydroxyl groups is 1. The number of halogens is 2. The fraction of sp³-hybridized carbons (Fsp3) is 0.400. The predicted molar refractivity (Wildman–Crippen MR) is 53.2 cm³/mol. The van der Waals surface area contributed by atoms with Gasteiger partial charge in [0.05, 0.1) is 23.3 Å². The van der Waals surface area contributed by atoms with Gasteiger partial charge in [0.25, 0.3) is 0 Å². The molecule has 0 aliphatic rings. The van der Waals surface area contributed by atoms with Gasteiger partial charge in [-0.25, -0.2) is 4.39 Å². The van der Waals surface area contributed by atoms with Crippen LogP contribution in [0.4, 0.5) is 4.39 Å². The third kappa shape index (κ3) is 1.99. The third-order valence-electron chi connectivity index (χ3n) is 1.89. The van der Waals surface area contributed by atoms with E-state index in [-0.39, 0.29) is 10.6 Å². The molecular weight excluding hydrogens is 207 g/mol. The van der Waals surface area contributed by atoms with Gasteiger partial charge in [-0.05, 0) is 26.0 Å². The van der Waals surface area contributed by atoms with Crippen molar-refractivity contribution in [2.75, 3.05) is 7.11 Å². The molecule has 0 atom stereocenters. The van der Waals surface area contributed by atoms with Crippen LogP contribution in [0.25, 0.3) is 0 Å². The number of methoxy groups -OCH3 is 1. The third-order valence-corrected chi connectivity index (χ3v) is 2.18. The number of hydrogen-bond acceptors (Lipinski definition) is 2. The van der Waals surface area contributed by atoms with Crippen LogP contribution in [0.5, 0.6) is 5.75 Å². The molecule has 0 aliphatic heterocycles. The first-order chi connectivity index (χ1) is 6.38. The Morgan fingerprint density at radius 3 is 2.43 bits per heavy atom. The normalized spacial score (nSPS) is 11.6. The molecule has 1 rings (SSSR count). The van der Waals surface area contributed by atoms with E-state index in [4.69, 9.17) is 16.3 Å². The molecule has 0 amide bonds. The highest BCUT2D eigenvalue weighted by atomic mass is 35.5. The molecule has 0 aromatic heterocycles. The van der Waals surface area contributed by atoms with Gasteiger partial charge in [-0.1, -0.05) is 11.6 Å². The SMILES string of the molecule is COc1ccc(Cl)c(F)c1C(C)(C)O. The molecule has 4 heteroatoms. The van der Waals surface area contributed by atoms with Gasteiger partial charge < -0.3 is 9.84 Å². The molecule has 0 radical (unpaired) electrons. The van der Waals surface area contributed by atoms with Crippen LogP contribution in [0.3, 0.4) is 0 Å². The Balaban J connectivity index is 3.44. The van der Waals surface area contributed by atoms with E-state index < -0.39 is 11.4 Å². The van der Waals surface area contributed by atoms with Crippen LogP contribution in [0, 0.1) is 5.82 Å². The lowest BCUT2D eigenvalue weighted by Gasteiger charge is -2.21. The highest BCUT2D eigenvalue weighted by Gasteiger charge is 2.26. The lowest BCUT2D eigenvalue weighted by atomic mass is 9.97. The van der Waals surface area contributed by atoms with Crippen molar-refractivity contribution in [1.82, 2.24) is 0 Å². The van der Waals surface area contributed by atoms with Crippen LogP contribution >= 0.6 is 11.6 Å². The molecule has 1 aromatic rings. The second kappa shape index (κ2) is 3.75. The summed E-state index contributed by atoms with van der Waals surface area (Å²) in [7, 11) is 1.41. The molecule has 0 fully saturated rings. The summed E-state index contributed by atoms with van der Waals surface area (Å²) in [6.07, 6.45) is 0. The van der Waals surface area contributed by atoms with Crippen LogP contribution in [-0.4, -0.2) is 12.2 Å². The zero-order chi connectivity index (χ0) is 10.9. The Bertz CT molecular complexity index is 345. The van der Waals surface area contributed by atoms with Crippen LogP contribution in [0.1, 0.15) is 19.4 Å². The van der Waals surface area contributed by atoms with Crippen molar-refractivity contribution in [1.29, 1.82) is 0 Å². The summed E-state index contributed by atoms with van der Waals surface area (Å²) in [6, 6.07) is 2.92. The van der Waals surface area contributed by atoms with Crippen LogP contribution in [0.15, 0.2) is 12.1 Å². The first-order valence-electron chi connectivity index (χ1n) is 4.12. The summed E-state index contributed by atoms with van der Waals surface area (Å²) in [5.41, 5.74) is -1.24. The molecule has 1 aromatic carbocycles. The molecule has 78 valence electrons. The second-order valence-electron chi connectivity index (χ2n) is 3.50. The summed E-state index contributed by atoms with van der Waals surface area (Å²) >= 11 is 5.61. The maximum Gasteiger partial charge on any atom is 0.151 e. The summed E-state index contributed by atoms with van der Waals surface area (Å²) in [5, 5.41) is 9.70. The standard InChI is InChI=1S/C10H12ClFO2/c1-10(2,13)8-7(14-3)5-4-6(11)9(8)12/h4-5,13H,1-3H3. The minimum atomic E-state index is -1.32. The summed E-state index contributed by atoms with van der Waals surface area (Å²) in [6.45, 7) is 2.95. The van der Waals surface area contributed by atoms with Gasteiger partial charge in [-0.2, -0.15) is 0 Å². The molecule has 2 nitrogen and oxygen atoms in total. The van der Waals surface area contributed by atoms with Crippen molar-refractivity contribution in [3.63, 3.8) is 0 Å². The fourth-order valence-electron chi connectivity index (χ4n) is 1.27. The topological polar surface area (TPSA) is 29.5 Å². The van der Waals surface area contributed by atoms with Crippen molar-refractivity contribution in [2.24, 2.45) is 0 Å². The van der Waals surface area contributed by atoms with Gasteiger partial charge >= 0.3 is 0 Å². The lowest BCUT2D eigenvalue weighted by molar-refractivity contribution is 0.0714. The zero-order valence-electron chi connectivity index (χ0n) is 8.27. The van der Waals surface area contributed by atoms with Gasteiger partial charge in [0.1, 0.15) is 5.75 Å². The Hall–Kier alpha value is -0.800. The molecule has 0 aliphatic carbocycles. The molecule has 14 heavy (non-hydrogen) atoms. The number of benzene rings is 1. The first-order valence-corrected chi connectivity index (χ1v) is 4.50. The largest absolute Gasteiger partial charge is 0.496 e. The van der Waals surface area contributed by atoms with E-state index in [1.165, 1.54) is 33.1 Å². The van der Waals surface area contributed by atoms with Gasteiger partial charge in [0, 0.05) is 0 Å². The Morgan fingerprint density at radius 2 is 2.00 bits per heavy atom. The Morgan fingerprint density at radius 1 is 1.43 bits per heavy atom. The molecule has 0 saturated heterocycles. The van der Waals surface area contributed by atoms with E-state index in [0.29, 0.717) is 5.75 Å². The van der Waals surface area contributed by atoms with Crippen LogP contribution in [0.2, 0.25) is 5.02 Å². The van der Waals surface area contributed by atoms with E-state index in [1.54, 1.807) is 0 Å². The molecule has 0 heterocycles. The maximum atomic E-state index is 13.6. The number of ether oxygens (including phenoxy) is 1. The summed E-state index contributed by atoms with van der Waals surface area (Å²) in [4.78, 5) is 0. The highest BCUT2D eigenvalue weighted by Crippen LogP contribution is 2.35. The van der Waals surface area contributed by atoms with E-state index in [2.05, 4.69) is 0 Å². The summed E-state index contributed by atoms with van der Waals surface area (Å²) < 4.78 is 18.5. The number of hydrogen-bond donors (Lipinski definition) is 1. The van der Waals surface area contributed by atoms with E-state index in [1.807, 2.05) is 0 Å². The van der Waals surface area contributed by atoms with E-state index in [9.17, 15) is 9.50 Å². The summed E-state index contributed by atoms with van der Waals surface area (Å²) in [5.74, 6) is -0.349. The van der Waals surface area contributed by atoms with Crippen LogP contribution in [-0.2, 0) is 5.60 Å². The van der Waals surface area contributed by atoms with Crippen molar-refractivity contribution in [3.05, 3.63) is 28.5 Å². The highest BCUT2D eigenvalue weighted by molar-refractivity contribution is 6.30. The first kappa shape index (κ1) is 11.3. The van der Waals surface area contributed by atoms with Crippen LogP contribution < -0.4 is 4.74 Å². The minimum absolute atomic E-state index is 0.0251. The number of rotatable bonds is 2. The average molecular weight is 219 g/mol. The van der Waals surface area contributed by atoms with Crippen molar-refractivity contribution < 1.29 is 14.2 Å². The molecule has 0 saturated carbocycles. The van der Waals surface area contributed by atoms with E-state index in [0.717, 1.165) is 0 Å². The maximum absolute atomic E-state index is 13.6. The molecule has 0 unspecified atom stereocenters. The van der Waals surface area contributed by atoms with Gasteiger partial charge in [0.15, 0.2) is 5.82 Å². The lowest BCUT2D eigenvalue weighted by Crippen LogP contribution is -2.19. The molecule has 0 bridgehead atoms. The van der Waals surface area contributed by atoms with Gasteiger partial charge in [-0.3, -0.25) is 0 Å². The Labute approximate surface area is 87.3 Å². The van der Waals surface area contributed by atoms with Crippen molar-refractivity contribution >= 4 is 11.6 Å². The average Bonchev–Trinajstić information content (AvgIpc) is 2.07. The smallest absolute Gasteiger partial charge is 0.151 e.